The number of hydrogen-bond donors (Lipinski definition) is 0. The highest BCUT2D eigenvalue weighted by Crippen LogP contribution is 2.37. The SMILES string of the molecule is Cc1ccccc1COc1cccc(O[Si](C)(C)C(C)(C)C)c1. The molecule has 0 atom stereocenters. The van der Waals surface area contributed by atoms with Gasteiger partial charge in [-0.1, -0.05) is 51.1 Å². The van der Waals surface area contributed by atoms with Crippen molar-refractivity contribution < 1.29 is 9.16 Å². The third kappa shape index (κ3) is 4.61. The highest BCUT2D eigenvalue weighted by Gasteiger charge is 2.38. The summed E-state index contributed by atoms with van der Waals surface area (Å²) in [5, 5.41) is 0.186. The Hall–Kier alpha value is -1.74. The van der Waals surface area contributed by atoms with Crippen LogP contribution in [0, 0.1) is 6.92 Å². The van der Waals surface area contributed by atoms with Crippen molar-refractivity contribution in [3.63, 3.8) is 0 Å². The molecule has 2 nitrogen and oxygen atoms in total. The van der Waals surface area contributed by atoms with Crippen molar-refractivity contribution in [2.45, 2.75) is 52.4 Å². The first-order valence-electron chi connectivity index (χ1n) is 8.15. The van der Waals surface area contributed by atoms with Gasteiger partial charge in [0.2, 0.25) is 8.32 Å². The van der Waals surface area contributed by atoms with Gasteiger partial charge in [0.25, 0.3) is 0 Å². The molecule has 0 bridgehead atoms. The first kappa shape index (κ1) is 17.6. The van der Waals surface area contributed by atoms with Crippen LogP contribution in [0.5, 0.6) is 11.5 Å². The van der Waals surface area contributed by atoms with E-state index in [2.05, 4.69) is 52.9 Å². The zero-order valence-electron chi connectivity index (χ0n) is 15.1. The maximum atomic E-state index is 6.34. The van der Waals surface area contributed by atoms with Crippen LogP contribution in [0.25, 0.3) is 0 Å². The largest absolute Gasteiger partial charge is 0.543 e. The second-order valence-corrected chi connectivity index (χ2v) is 12.3. The van der Waals surface area contributed by atoms with Crippen LogP contribution in [-0.2, 0) is 6.61 Å². The molecule has 0 aromatic heterocycles. The van der Waals surface area contributed by atoms with Gasteiger partial charge in [-0.05, 0) is 48.3 Å². The predicted molar refractivity (Wildman–Crippen MR) is 99.8 cm³/mol. The summed E-state index contributed by atoms with van der Waals surface area (Å²) in [5.41, 5.74) is 2.46. The Balaban J connectivity index is 2.07. The monoisotopic (exact) mass is 328 g/mol. The van der Waals surface area contributed by atoms with Crippen molar-refractivity contribution in [1.29, 1.82) is 0 Å². The molecule has 0 saturated carbocycles. The fourth-order valence-corrected chi connectivity index (χ4v) is 3.03. The van der Waals surface area contributed by atoms with Gasteiger partial charge in [0.15, 0.2) is 0 Å². The second kappa shape index (κ2) is 6.79. The van der Waals surface area contributed by atoms with Gasteiger partial charge >= 0.3 is 0 Å². The van der Waals surface area contributed by atoms with Crippen molar-refractivity contribution >= 4 is 8.32 Å². The van der Waals surface area contributed by atoms with Gasteiger partial charge in [0, 0.05) is 6.07 Å². The van der Waals surface area contributed by atoms with Crippen LogP contribution < -0.4 is 9.16 Å². The van der Waals surface area contributed by atoms with Crippen LogP contribution in [-0.4, -0.2) is 8.32 Å². The topological polar surface area (TPSA) is 18.5 Å². The third-order valence-electron chi connectivity index (χ3n) is 4.64. The predicted octanol–water partition coefficient (Wildman–Crippen LogP) is 5.96. The first-order chi connectivity index (χ1) is 10.7. The number of benzene rings is 2. The lowest BCUT2D eigenvalue weighted by atomic mass is 10.1. The molecule has 0 saturated heterocycles. The van der Waals surface area contributed by atoms with Gasteiger partial charge in [-0.2, -0.15) is 0 Å². The van der Waals surface area contributed by atoms with Crippen molar-refractivity contribution in [1.82, 2.24) is 0 Å². The average Bonchev–Trinajstić information content (AvgIpc) is 2.45. The van der Waals surface area contributed by atoms with Crippen molar-refractivity contribution in [2.75, 3.05) is 0 Å². The molecule has 2 aromatic rings. The van der Waals surface area contributed by atoms with E-state index in [1.165, 1.54) is 11.1 Å². The fourth-order valence-electron chi connectivity index (χ4n) is 2.01. The Bertz CT molecular complexity index is 657. The Labute approximate surface area is 141 Å². The standard InChI is InChI=1S/C20H28O2Si/c1-16-10-7-8-11-17(16)15-21-18-12-9-13-19(14-18)22-23(5,6)20(2,3)4/h7-14H,15H2,1-6H3. The van der Waals surface area contributed by atoms with Gasteiger partial charge in [0.05, 0.1) is 0 Å². The highest BCUT2D eigenvalue weighted by atomic mass is 28.4. The Morgan fingerprint density at radius 1 is 0.913 bits per heavy atom. The molecule has 0 aliphatic heterocycles. The average molecular weight is 329 g/mol. The molecule has 0 spiro atoms. The summed E-state index contributed by atoms with van der Waals surface area (Å²) in [7, 11) is -1.82. The minimum absolute atomic E-state index is 0.186. The van der Waals surface area contributed by atoms with Crippen LogP contribution in [0.2, 0.25) is 18.1 Å². The summed E-state index contributed by atoms with van der Waals surface area (Å²) in [4.78, 5) is 0. The van der Waals surface area contributed by atoms with E-state index in [0.29, 0.717) is 6.61 Å². The van der Waals surface area contributed by atoms with E-state index < -0.39 is 8.32 Å². The molecule has 124 valence electrons. The van der Waals surface area contributed by atoms with Gasteiger partial charge in [-0.15, -0.1) is 0 Å². The number of rotatable bonds is 5. The maximum Gasteiger partial charge on any atom is 0.250 e. The minimum atomic E-state index is -1.82. The van der Waals surface area contributed by atoms with E-state index in [1.54, 1.807) is 0 Å². The van der Waals surface area contributed by atoms with Crippen LogP contribution >= 0.6 is 0 Å². The van der Waals surface area contributed by atoms with Gasteiger partial charge in [0.1, 0.15) is 18.1 Å². The van der Waals surface area contributed by atoms with E-state index in [-0.39, 0.29) is 5.04 Å². The molecule has 3 heteroatoms. The quantitative estimate of drug-likeness (QED) is 0.631. The zero-order chi connectivity index (χ0) is 17.1. The zero-order valence-corrected chi connectivity index (χ0v) is 16.1. The van der Waals surface area contributed by atoms with Gasteiger partial charge in [-0.25, -0.2) is 0 Å². The lowest BCUT2D eigenvalue weighted by molar-refractivity contribution is 0.304. The number of ether oxygens (including phenoxy) is 1. The van der Waals surface area contributed by atoms with Crippen LogP contribution in [0.3, 0.4) is 0 Å². The lowest BCUT2D eigenvalue weighted by Gasteiger charge is -2.36. The lowest BCUT2D eigenvalue weighted by Crippen LogP contribution is -2.43. The van der Waals surface area contributed by atoms with Crippen molar-refractivity contribution in [3.05, 3.63) is 59.7 Å². The van der Waals surface area contributed by atoms with E-state index in [4.69, 9.17) is 9.16 Å². The maximum absolute atomic E-state index is 6.34. The smallest absolute Gasteiger partial charge is 0.250 e. The number of aryl methyl sites for hydroxylation is 1. The van der Waals surface area contributed by atoms with Crippen LogP contribution in [0.15, 0.2) is 48.5 Å². The third-order valence-corrected chi connectivity index (χ3v) is 9.00. The van der Waals surface area contributed by atoms with Gasteiger partial charge in [-0.3, -0.25) is 0 Å². The molecular weight excluding hydrogens is 300 g/mol. The Kier molecular flexibility index (Phi) is 5.20. The first-order valence-corrected chi connectivity index (χ1v) is 11.1. The summed E-state index contributed by atoms with van der Waals surface area (Å²) in [6.07, 6.45) is 0. The minimum Gasteiger partial charge on any atom is -0.543 e. The summed E-state index contributed by atoms with van der Waals surface area (Å²) in [6, 6.07) is 16.3. The van der Waals surface area contributed by atoms with Gasteiger partial charge < -0.3 is 9.16 Å². The van der Waals surface area contributed by atoms with Crippen LogP contribution in [0.4, 0.5) is 0 Å². The molecule has 23 heavy (non-hydrogen) atoms. The second-order valence-electron chi connectivity index (χ2n) is 7.55. The summed E-state index contributed by atoms with van der Waals surface area (Å²) in [5.74, 6) is 1.75. The Morgan fingerprint density at radius 2 is 1.57 bits per heavy atom. The molecular formula is C20H28O2Si. The highest BCUT2D eigenvalue weighted by molar-refractivity contribution is 6.74. The van der Waals surface area contributed by atoms with Crippen molar-refractivity contribution in [3.8, 4) is 11.5 Å². The molecule has 0 fully saturated rings. The molecule has 2 rings (SSSR count). The number of hydrogen-bond acceptors (Lipinski definition) is 2. The van der Waals surface area contributed by atoms with E-state index in [9.17, 15) is 0 Å². The molecule has 0 radical (unpaired) electrons. The molecule has 0 aliphatic carbocycles. The summed E-state index contributed by atoms with van der Waals surface area (Å²) in [6.45, 7) is 13.9. The summed E-state index contributed by atoms with van der Waals surface area (Å²) < 4.78 is 12.3. The van der Waals surface area contributed by atoms with E-state index in [1.807, 2.05) is 36.4 Å². The Morgan fingerprint density at radius 3 is 2.22 bits per heavy atom. The molecule has 2 aromatic carbocycles. The molecule has 0 heterocycles. The molecule has 0 N–H and O–H groups in total. The summed E-state index contributed by atoms with van der Waals surface area (Å²) >= 11 is 0. The van der Waals surface area contributed by atoms with E-state index >= 15 is 0 Å². The van der Waals surface area contributed by atoms with E-state index in [0.717, 1.165) is 11.5 Å². The van der Waals surface area contributed by atoms with Crippen LogP contribution in [0.1, 0.15) is 31.9 Å². The van der Waals surface area contributed by atoms with Crippen molar-refractivity contribution in [2.24, 2.45) is 0 Å². The molecule has 0 unspecified atom stereocenters. The fraction of sp³-hybridized carbons (Fsp3) is 0.400. The normalized spacial score (nSPS) is 12.1. The molecule has 0 aliphatic rings. The molecule has 0 amide bonds.